The molecule has 0 saturated heterocycles. The van der Waals surface area contributed by atoms with Gasteiger partial charge in [-0.15, -0.1) is 0 Å². The Morgan fingerprint density at radius 2 is 2.19 bits per heavy atom. The minimum absolute atomic E-state index is 0.0883. The summed E-state index contributed by atoms with van der Waals surface area (Å²) in [7, 11) is 0. The summed E-state index contributed by atoms with van der Waals surface area (Å²) in [6, 6.07) is 7.78. The van der Waals surface area contributed by atoms with Gasteiger partial charge >= 0.3 is 0 Å². The summed E-state index contributed by atoms with van der Waals surface area (Å²) in [5.41, 5.74) is 0.248. The van der Waals surface area contributed by atoms with Crippen LogP contribution < -0.4 is 5.32 Å². The molecule has 0 radical (unpaired) electrons. The highest BCUT2D eigenvalue weighted by Gasteiger charge is 2.14. The number of nitro groups is 1. The van der Waals surface area contributed by atoms with E-state index in [-0.39, 0.29) is 18.7 Å². The number of rotatable bonds is 4. The van der Waals surface area contributed by atoms with E-state index < -0.39 is 10.8 Å². The molecular weight excluding hydrogens is 210 g/mol. The van der Waals surface area contributed by atoms with Gasteiger partial charge in [-0.2, -0.15) is 5.26 Å². The second-order valence-corrected chi connectivity index (χ2v) is 3.00. The predicted octanol–water partition coefficient (Wildman–Crippen LogP) is 0.777. The van der Waals surface area contributed by atoms with Crippen LogP contribution in [-0.4, -0.2) is 17.4 Å². The molecule has 0 saturated carbocycles. The number of hydrogen-bond acceptors (Lipinski definition) is 4. The van der Waals surface area contributed by atoms with Crippen LogP contribution in [0.5, 0.6) is 0 Å². The first kappa shape index (κ1) is 11.7. The normalized spacial score (nSPS) is 9.19. The maximum Gasteiger partial charge on any atom is 0.273 e. The Kier molecular flexibility index (Phi) is 3.98. The second-order valence-electron chi connectivity index (χ2n) is 3.00. The number of nitro benzene ring substituents is 1. The molecule has 1 rings (SSSR count). The van der Waals surface area contributed by atoms with E-state index in [1.165, 1.54) is 18.2 Å². The zero-order chi connectivity index (χ0) is 12.0. The molecule has 0 fully saturated rings. The standard InChI is InChI=1S/C10H9N3O3/c11-5-6-12-10(14)7-8-3-1-2-4-9(8)13(15)16/h1-4H,6-7H2,(H,12,14). The molecule has 0 unspecified atom stereocenters. The minimum atomic E-state index is -0.535. The van der Waals surface area contributed by atoms with E-state index >= 15 is 0 Å². The third-order valence-electron chi connectivity index (χ3n) is 1.90. The van der Waals surface area contributed by atoms with Crippen molar-refractivity contribution in [2.75, 3.05) is 6.54 Å². The lowest BCUT2D eigenvalue weighted by Gasteiger charge is -2.02. The lowest BCUT2D eigenvalue weighted by molar-refractivity contribution is -0.385. The fourth-order valence-electron chi connectivity index (χ4n) is 1.21. The molecule has 1 amide bonds. The first-order valence-electron chi connectivity index (χ1n) is 4.51. The van der Waals surface area contributed by atoms with E-state index in [4.69, 9.17) is 5.26 Å². The number of para-hydroxylation sites is 1. The highest BCUT2D eigenvalue weighted by atomic mass is 16.6. The lowest BCUT2D eigenvalue weighted by Crippen LogP contribution is -2.25. The third-order valence-corrected chi connectivity index (χ3v) is 1.90. The van der Waals surface area contributed by atoms with E-state index in [0.717, 1.165) is 0 Å². The lowest BCUT2D eigenvalue weighted by atomic mass is 10.1. The summed E-state index contributed by atoms with van der Waals surface area (Å²) in [6.07, 6.45) is -0.0984. The molecule has 0 aliphatic carbocycles. The zero-order valence-electron chi connectivity index (χ0n) is 8.34. The van der Waals surface area contributed by atoms with Crippen LogP contribution in [0.25, 0.3) is 0 Å². The van der Waals surface area contributed by atoms with E-state index in [0.29, 0.717) is 5.56 Å². The van der Waals surface area contributed by atoms with Crippen LogP contribution in [0.15, 0.2) is 24.3 Å². The van der Waals surface area contributed by atoms with Crippen LogP contribution in [0.4, 0.5) is 5.69 Å². The first-order chi connectivity index (χ1) is 7.65. The molecule has 0 aliphatic rings. The highest BCUT2D eigenvalue weighted by Crippen LogP contribution is 2.17. The average Bonchev–Trinajstić information content (AvgIpc) is 2.27. The first-order valence-corrected chi connectivity index (χ1v) is 4.51. The van der Waals surface area contributed by atoms with Crippen molar-refractivity contribution < 1.29 is 9.72 Å². The number of hydrogen-bond donors (Lipinski definition) is 1. The predicted molar refractivity (Wildman–Crippen MR) is 55.4 cm³/mol. The third kappa shape index (κ3) is 3.06. The van der Waals surface area contributed by atoms with Crippen molar-refractivity contribution >= 4 is 11.6 Å². The SMILES string of the molecule is N#CCNC(=O)Cc1ccccc1[N+](=O)[O-]. The van der Waals surface area contributed by atoms with Crippen molar-refractivity contribution in [2.24, 2.45) is 0 Å². The summed E-state index contributed by atoms with van der Waals surface area (Å²) in [6.45, 7) is -0.0978. The molecular formula is C10H9N3O3. The van der Waals surface area contributed by atoms with Crippen LogP contribution in [0.1, 0.15) is 5.56 Å². The van der Waals surface area contributed by atoms with Gasteiger partial charge in [0.05, 0.1) is 17.4 Å². The Morgan fingerprint density at radius 1 is 1.50 bits per heavy atom. The number of nitrogens with one attached hydrogen (secondary N) is 1. The molecule has 0 spiro atoms. The van der Waals surface area contributed by atoms with Gasteiger partial charge in [0.15, 0.2) is 0 Å². The van der Waals surface area contributed by atoms with Gasteiger partial charge in [0.25, 0.3) is 5.69 Å². The summed E-state index contributed by atoms with van der Waals surface area (Å²) >= 11 is 0. The zero-order valence-corrected chi connectivity index (χ0v) is 8.34. The quantitative estimate of drug-likeness (QED) is 0.459. The maximum atomic E-state index is 11.3. The minimum Gasteiger partial charge on any atom is -0.343 e. The number of nitriles is 1. The molecule has 6 nitrogen and oxygen atoms in total. The highest BCUT2D eigenvalue weighted by molar-refractivity contribution is 5.79. The van der Waals surface area contributed by atoms with Crippen LogP contribution in [-0.2, 0) is 11.2 Å². The summed E-state index contributed by atoms with van der Waals surface area (Å²) in [5, 5.41) is 21.2. The Balaban J connectivity index is 2.77. The Morgan fingerprint density at radius 3 is 2.81 bits per heavy atom. The number of benzene rings is 1. The van der Waals surface area contributed by atoms with Gasteiger partial charge in [-0.1, -0.05) is 18.2 Å². The van der Waals surface area contributed by atoms with Crippen molar-refractivity contribution in [1.29, 1.82) is 5.26 Å². The summed E-state index contributed by atoms with van der Waals surface area (Å²) in [5.74, 6) is -0.407. The molecule has 0 atom stereocenters. The van der Waals surface area contributed by atoms with Crippen LogP contribution in [0.3, 0.4) is 0 Å². The van der Waals surface area contributed by atoms with Crippen LogP contribution >= 0.6 is 0 Å². The van der Waals surface area contributed by atoms with E-state index in [1.807, 2.05) is 0 Å². The van der Waals surface area contributed by atoms with Crippen LogP contribution in [0.2, 0.25) is 0 Å². The molecule has 0 aromatic heterocycles. The average molecular weight is 219 g/mol. The number of amides is 1. The van der Waals surface area contributed by atoms with Crippen molar-refractivity contribution in [1.82, 2.24) is 5.32 Å². The van der Waals surface area contributed by atoms with Gasteiger partial charge in [0, 0.05) is 11.6 Å². The Hall–Kier alpha value is -2.42. The monoisotopic (exact) mass is 219 g/mol. The van der Waals surface area contributed by atoms with Gasteiger partial charge in [0.1, 0.15) is 6.54 Å². The fourth-order valence-corrected chi connectivity index (χ4v) is 1.21. The summed E-state index contributed by atoms with van der Waals surface area (Å²) < 4.78 is 0. The van der Waals surface area contributed by atoms with E-state index in [2.05, 4.69) is 5.32 Å². The molecule has 1 aromatic carbocycles. The molecule has 0 aliphatic heterocycles. The topological polar surface area (TPSA) is 96.0 Å². The number of nitrogens with zero attached hydrogens (tertiary/aromatic N) is 2. The fraction of sp³-hybridized carbons (Fsp3) is 0.200. The maximum absolute atomic E-state index is 11.3. The molecule has 16 heavy (non-hydrogen) atoms. The van der Waals surface area contributed by atoms with Gasteiger partial charge < -0.3 is 5.32 Å². The molecule has 1 aromatic rings. The van der Waals surface area contributed by atoms with Gasteiger partial charge in [0.2, 0.25) is 5.91 Å². The van der Waals surface area contributed by atoms with E-state index in [9.17, 15) is 14.9 Å². The van der Waals surface area contributed by atoms with E-state index in [1.54, 1.807) is 12.1 Å². The van der Waals surface area contributed by atoms with Crippen molar-refractivity contribution in [3.8, 4) is 6.07 Å². The Bertz CT molecular complexity index is 451. The van der Waals surface area contributed by atoms with Gasteiger partial charge in [-0.3, -0.25) is 14.9 Å². The van der Waals surface area contributed by atoms with Crippen molar-refractivity contribution in [2.45, 2.75) is 6.42 Å². The molecule has 0 heterocycles. The Labute approximate surface area is 91.6 Å². The smallest absolute Gasteiger partial charge is 0.273 e. The largest absolute Gasteiger partial charge is 0.343 e. The molecule has 82 valence electrons. The second kappa shape index (κ2) is 5.46. The summed E-state index contributed by atoms with van der Waals surface area (Å²) in [4.78, 5) is 21.4. The number of carbonyl (C=O) groups excluding carboxylic acids is 1. The number of carbonyl (C=O) groups is 1. The van der Waals surface area contributed by atoms with Crippen molar-refractivity contribution in [3.05, 3.63) is 39.9 Å². The molecule has 1 N–H and O–H groups in total. The van der Waals surface area contributed by atoms with Crippen LogP contribution in [0, 0.1) is 21.4 Å². The molecule has 6 heteroatoms. The van der Waals surface area contributed by atoms with Crippen molar-refractivity contribution in [3.63, 3.8) is 0 Å². The molecule has 0 bridgehead atoms. The van der Waals surface area contributed by atoms with Gasteiger partial charge in [-0.05, 0) is 0 Å². The van der Waals surface area contributed by atoms with Gasteiger partial charge in [-0.25, -0.2) is 0 Å².